The number of amides is 1. The first-order valence-electron chi connectivity index (χ1n) is 10.2. The molecule has 2 atom stereocenters. The second-order valence-corrected chi connectivity index (χ2v) is 7.72. The van der Waals surface area contributed by atoms with Crippen molar-refractivity contribution in [2.24, 2.45) is 0 Å². The van der Waals surface area contributed by atoms with Gasteiger partial charge >= 0.3 is 0 Å². The Hall–Kier alpha value is -3.98. The number of anilines is 2. The molecule has 9 nitrogen and oxygen atoms in total. The highest BCUT2D eigenvalue weighted by Crippen LogP contribution is 2.23. The van der Waals surface area contributed by atoms with Crippen molar-refractivity contribution < 1.29 is 14.7 Å². The summed E-state index contributed by atoms with van der Waals surface area (Å²) in [6.07, 6.45) is 1.44. The van der Waals surface area contributed by atoms with Gasteiger partial charge in [-0.05, 0) is 55.0 Å². The molecule has 0 saturated carbocycles. The van der Waals surface area contributed by atoms with Crippen molar-refractivity contribution in [3.8, 4) is 5.75 Å². The van der Waals surface area contributed by atoms with Gasteiger partial charge < -0.3 is 26.8 Å². The average molecular weight is 432 g/mol. The Kier molecular flexibility index (Phi) is 6.00. The molecule has 164 valence electrons. The summed E-state index contributed by atoms with van der Waals surface area (Å²) >= 11 is 0. The zero-order valence-corrected chi connectivity index (χ0v) is 17.5. The molecule has 2 aromatic carbocycles. The van der Waals surface area contributed by atoms with Gasteiger partial charge in [0.15, 0.2) is 5.78 Å². The van der Waals surface area contributed by atoms with E-state index in [1.54, 1.807) is 42.5 Å². The number of hydrogen-bond donors (Lipinski definition) is 5. The fraction of sp³-hybridized carbons (Fsp3) is 0.217. The molecule has 1 aliphatic heterocycles. The number of carbonyl (C=O) groups excluding carboxylic acids is 2. The van der Waals surface area contributed by atoms with Crippen LogP contribution in [0.5, 0.6) is 5.75 Å². The Morgan fingerprint density at radius 2 is 1.84 bits per heavy atom. The molecule has 0 aliphatic carbocycles. The summed E-state index contributed by atoms with van der Waals surface area (Å²) in [5.41, 5.74) is 8.21. The van der Waals surface area contributed by atoms with Crippen LogP contribution < -0.4 is 21.7 Å². The number of nitrogens with zero attached hydrogens (tertiary/aromatic N) is 2. The van der Waals surface area contributed by atoms with Gasteiger partial charge in [0.25, 0.3) is 5.91 Å². The van der Waals surface area contributed by atoms with Crippen LogP contribution >= 0.6 is 0 Å². The van der Waals surface area contributed by atoms with E-state index in [0.717, 1.165) is 11.3 Å². The number of carbonyl (C=O) groups is 2. The number of rotatable bonds is 6. The van der Waals surface area contributed by atoms with Crippen molar-refractivity contribution in [1.82, 2.24) is 20.6 Å². The van der Waals surface area contributed by atoms with Crippen molar-refractivity contribution in [3.63, 3.8) is 0 Å². The van der Waals surface area contributed by atoms with Gasteiger partial charge in [-0.3, -0.25) is 9.59 Å². The Labute approximate surface area is 185 Å². The maximum atomic E-state index is 12.7. The number of nitrogens with one attached hydrogen (secondary N) is 3. The van der Waals surface area contributed by atoms with Crippen LogP contribution in [0.15, 0.2) is 54.7 Å². The zero-order chi connectivity index (χ0) is 22.7. The maximum Gasteiger partial charge on any atom is 0.270 e. The van der Waals surface area contributed by atoms with Crippen LogP contribution in [0.4, 0.5) is 11.6 Å². The lowest BCUT2D eigenvalue weighted by atomic mass is 10.0. The van der Waals surface area contributed by atoms with E-state index in [1.165, 1.54) is 12.3 Å². The van der Waals surface area contributed by atoms with Crippen LogP contribution in [0, 0.1) is 6.92 Å². The van der Waals surface area contributed by atoms with Crippen LogP contribution in [0.1, 0.15) is 32.0 Å². The third-order valence-electron chi connectivity index (χ3n) is 5.33. The monoisotopic (exact) mass is 432 g/mol. The average Bonchev–Trinajstić information content (AvgIpc) is 3.20. The van der Waals surface area contributed by atoms with Gasteiger partial charge in [-0.15, -0.1) is 0 Å². The summed E-state index contributed by atoms with van der Waals surface area (Å²) < 4.78 is 0. The van der Waals surface area contributed by atoms with Crippen LogP contribution in [-0.4, -0.2) is 51.9 Å². The van der Waals surface area contributed by atoms with E-state index >= 15 is 0 Å². The van der Waals surface area contributed by atoms with Crippen LogP contribution in [0.3, 0.4) is 0 Å². The van der Waals surface area contributed by atoms with Gasteiger partial charge in [-0.1, -0.05) is 6.07 Å². The summed E-state index contributed by atoms with van der Waals surface area (Å²) in [7, 11) is 0. The molecular weight excluding hydrogens is 408 g/mol. The molecule has 9 heteroatoms. The number of aryl methyl sites for hydroxylation is 1. The predicted molar refractivity (Wildman–Crippen MR) is 121 cm³/mol. The lowest BCUT2D eigenvalue weighted by Gasteiger charge is -2.22. The predicted octanol–water partition coefficient (Wildman–Crippen LogP) is 1.49. The van der Waals surface area contributed by atoms with Gasteiger partial charge in [0, 0.05) is 30.5 Å². The summed E-state index contributed by atoms with van der Waals surface area (Å²) in [5.74, 6) is -0.548. The lowest BCUT2D eigenvalue weighted by Crippen LogP contribution is -2.46. The standard InChI is InChI=1S/C23H24N6O3/c1-13-2-7-16(20(30)10-13)21(31)14-3-5-15(6-4-14)27-18-11-25-12-19(18)28-22(32)17-8-9-26-23(24)29-17/h2-10,18-19,25,27,30H,11-12H2,1H3,(H,28,32)(H2,24,26,29)/t18-,19-/m1/s1. The van der Waals surface area contributed by atoms with Gasteiger partial charge in [0.2, 0.25) is 5.95 Å². The Morgan fingerprint density at radius 3 is 2.56 bits per heavy atom. The summed E-state index contributed by atoms with van der Waals surface area (Å²) in [6.45, 7) is 3.12. The lowest BCUT2D eigenvalue weighted by molar-refractivity contribution is 0.0932. The number of hydrogen-bond acceptors (Lipinski definition) is 8. The third-order valence-corrected chi connectivity index (χ3v) is 5.33. The molecule has 2 heterocycles. The van der Waals surface area contributed by atoms with E-state index in [-0.39, 0.29) is 46.7 Å². The largest absolute Gasteiger partial charge is 0.507 e. The fourth-order valence-electron chi connectivity index (χ4n) is 3.65. The fourth-order valence-corrected chi connectivity index (χ4v) is 3.65. The molecule has 0 unspecified atom stereocenters. The van der Waals surface area contributed by atoms with Gasteiger partial charge in [0.1, 0.15) is 11.4 Å². The van der Waals surface area contributed by atoms with Crippen LogP contribution in [0.25, 0.3) is 0 Å². The number of aromatic hydroxyl groups is 1. The molecule has 4 rings (SSSR count). The Bertz CT molecular complexity index is 1150. The normalized spacial score (nSPS) is 17.7. The smallest absolute Gasteiger partial charge is 0.270 e. The first kappa shape index (κ1) is 21.3. The summed E-state index contributed by atoms with van der Waals surface area (Å²) in [5, 5.41) is 19.7. The van der Waals surface area contributed by atoms with Crippen molar-refractivity contribution in [2.75, 3.05) is 24.1 Å². The van der Waals surface area contributed by atoms with Crippen LogP contribution in [-0.2, 0) is 0 Å². The number of phenolic OH excluding ortho intramolecular Hbond substituents is 1. The van der Waals surface area contributed by atoms with Crippen molar-refractivity contribution in [3.05, 3.63) is 77.1 Å². The maximum absolute atomic E-state index is 12.7. The molecule has 1 aliphatic rings. The highest BCUT2D eigenvalue weighted by Gasteiger charge is 2.29. The Balaban J connectivity index is 1.41. The molecule has 1 aromatic heterocycles. The molecule has 32 heavy (non-hydrogen) atoms. The first-order chi connectivity index (χ1) is 15.4. The number of aromatic nitrogens is 2. The second kappa shape index (κ2) is 9.03. The zero-order valence-electron chi connectivity index (χ0n) is 17.5. The molecule has 0 radical (unpaired) electrons. The summed E-state index contributed by atoms with van der Waals surface area (Å²) in [6, 6.07) is 13.3. The van der Waals surface area contributed by atoms with E-state index < -0.39 is 0 Å². The molecule has 3 aromatic rings. The molecule has 1 fully saturated rings. The van der Waals surface area contributed by atoms with Gasteiger partial charge in [0.05, 0.1) is 17.6 Å². The van der Waals surface area contributed by atoms with E-state index in [2.05, 4.69) is 25.9 Å². The van der Waals surface area contributed by atoms with E-state index in [1.807, 2.05) is 6.92 Å². The van der Waals surface area contributed by atoms with E-state index in [0.29, 0.717) is 18.7 Å². The number of benzene rings is 2. The topological polar surface area (TPSA) is 142 Å². The number of nitrogens with two attached hydrogens (primary N) is 1. The number of nitrogen functional groups attached to an aromatic ring is 1. The second-order valence-electron chi connectivity index (χ2n) is 7.72. The quantitative estimate of drug-likeness (QED) is 0.369. The van der Waals surface area contributed by atoms with Gasteiger partial charge in [-0.2, -0.15) is 0 Å². The molecule has 6 N–H and O–H groups in total. The minimum atomic E-state index is -0.321. The van der Waals surface area contributed by atoms with Crippen molar-refractivity contribution in [1.29, 1.82) is 0 Å². The number of ketones is 1. The number of phenols is 1. The minimum absolute atomic E-state index is 0.0294. The van der Waals surface area contributed by atoms with E-state index in [9.17, 15) is 14.7 Å². The Morgan fingerprint density at radius 1 is 1.09 bits per heavy atom. The highest BCUT2D eigenvalue weighted by atomic mass is 16.3. The third kappa shape index (κ3) is 4.68. The molecular formula is C23H24N6O3. The SMILES string of the molecule is Cc1ccc(C(=O)c2ccc(N[C@@H]3CNC[C@H]3NC(=O)c3ccnc(N)n3)cc2)c(O)c1. The van der Waals surface area contributed by atoms with Crippen LogP contribution in [0.2, 0.25) is 0 Å². The molecule has 1 amide bonds. The first-order valence-corrected chi connectivity index (χ1v) is 10.2. The molecule has 0 spiro atoms. The van der Waals surface area contributed by atoms with Gasteiger partial charge in [-0.25, -0.2) is 9.97 Å². The molecule has 1 saturated heterocycles. The summed E-state index contributed by atoms with van der Waals surface area (Å²) in [4.78, 5) is 32.9. The highest BCUT2D eigenvalue weighted by molar-refractivity contribution is 6.10. The van der Waals surface area contributed by atoms with Crippen molar-refractivity contribution in [2.45, 2.75) is 19.0 Å². The van der Waals surface area contributed by atoms with Crippen molar-refractivity contribution >= 4 is 23.3 Å². The molecule has 0 bridgehead atoms. The van der Waals surface area contributed by atoms with E-state index in [4.69, 9.17) is 5.73 Å². The minimum Gasteiger partial charge on any atom is -0.507 e.